The molecule has 0 aliphatic heterocycles. The molecular formula is C12H7Cl3N2O. The van der Waals surface area contributed by atoms with E-state index in [2.05, 4.69) is 10.3 Å². The highest BCUT2D eigenvalue weighted by atomic mass is 35.5. The van der Waals surface area contributed by atoms with Crippen LogP contribution in [0.15, 0.2) is 36.5 Å². The van der Waals surface area contributed by atoms with Gasteiger partial charge in [-0.15, -0.1) is 0 Å². The van der Waals surface area contributed by atoms with Gasteiger partial charge in [0.15, 0.2) is 0 Å². The fourth-order valence-electron chi connectivity index (χ4n) is 1.34. The van der Waals surface area contributed by atoms with Crippen LogP contribution in [-0.2, 0) is 0 Å². The minimum absolute atomic E-state index is 0.235. The first-order chi connectivity index (χ1) is 8.56. The van der Waals surface area contributed by atoms with Gasteiger partial charge >= 0.3 is 0 Å². The summed E-state index contributed by atoms with van der Waals surface area (Å²) in [7, 11) is 0. The highest BCUT2D eigenvalue weighted by Gasteiger charge is 2.11. The standard InChI is InChI=1S/C12H7Cl3N2O/c13-7-2-1-3-8(4-7)17-12(18)9-6-16-11(15)5-10(9)14/h1-6H,(H,17,18). The number of amides is 1. The van der Waals surface area contributed by atoms with Gasteiger partial charge in [0.25, 0.3) is 5.91 Å². The van der Waals surface area contributed by atoms with E-state index < -0.39 is 0 Å². The van der Waals surface area contributed by atoms with Gasteiger partial charge in [-0.25, -0.2) is 4.98 Å². The van der Waals surface area contributed by atoms with Crippen LogP contribution in [0.5, 0.6) is 0 Å². The van der Waals surface area contributed by atoms with Crippen LogP contribution in [0.2, 0.25) is 15.2 Å². The fraction of sp³-hybridized carbons (Fsp3) is 0. The second-order valence-corrected chi connectivity index (χ2v) is 4.68. The van der Waals surface area contributed by atoms with Crippen LogP contribution >= 0.6 is 34.8 Å². The average molecular weight is 302 g/mol. The molecule has 1 amide bonds. The lowest BCUT2D eigenvalue weighted by atomic mass is 10.2. The molecule has 0 unspecified atom stereocenters. The van der Waals surface area contributed by atoms with E-state index in [0.717, 1.165) is 0 Å². The van der Waals surface area contributed by atoms with E-state index in [1.165, 1.54) is 12.3 Å². The minimum Gasteiger partial charge on any atom is -0.322 e. The maximum Gasteiger partial charge on any atom is 0.258 e. The van der Waals surface area contributed by atoms with Gasteiger partial charge in [-0.05, 0) is 24.3 Å². The van der Waals surface area contributed by atoms with Crippen molar-refractivity contribution in [3.8, 4) is 0 Å². The Balaban J connectivity index is 2.22. The molecular weight excluding hydrogens is 295 g/mol. The Morgan fingerprint density at radius 2 is 1.94 bits per heavy atom. The van der Waals surface area contributed by atoms with Crippen molar-refractivity contribution in [2.45, 2.75) is 0 Å². The molecule has 3 nitrogen and oxygen atoms in total. The minimum atomic E-state index is -0.369. The number of carbonyl (C=O) groups excluding carboxylic acids is 1. The number of benzene rings is 1. The van der Waals surface area contributed by atoms with Gasteiger partial charge in [-0.2, -0.15) is 0 Å². The van der Waals surface area contributed by atoms with E-state index in [1.54, 1.807) is 24.3 Å². The van der Waals surface area contributed by atoms with E-state index in [9.17, 15) is 4.79 Å². The zero-order chi connectivity index (χ0) is 13.1. The van der Waals surface area contributed by atoms with Crippen molar-refractivity contribution < 1.29 is 4.79 Å². The van der Waals surface area contributed by atoms with E-state index in [1.807, 2.05) is 0 Å². The van der Waals surface area contributed by atoms with Crippen molar-refractivity contribution in [2.75, 3.05) is 5.32 Å². The molecule has 0 spiro atoms. The Morgan fingerprint density at radius 3 is 2.61 bits per heavy atom. The Kier molecular flexibility index (Phi) is 4.07. The van der Waals surface area contributed by atoms with Crippen LogP contribution in [0.1, 0.15) is 10.4 Å². The molecule has 0 bridgehead atoms. The molecule has 6 heteroatoms. The molecule has 1 aromatic carbocycles. The van der Waals surface area contributed by atoms with Crippen LogP contribution in [0.25, 0.3) is 0 Å². The molecule has 18 heavy (non-hydrogen) atoms. The maximum absolute atomic E-state index is 11.9. The van der Waals surface area contributed by atoms with Gasteiger partial charge in [0.2, 0.25) is 0 Å². The van der Waals surface area contributed by atoms with E-state index >= 15 is 0 Å². The summed E-state index contributed by atoms with van der Waals surface area (Å²) >= 11 is 17.4. The van der Waals surface area contributed by atoms with Crippen molar-refractivity contribution in [1.82, 2.24) is 4.98 Å². The summed E-state index contributed by atoms with van der Waals surface area (Å²) in [5, 5.41) is 3.68. The topological polar surface area (TPSA) is 42.0 Å². The lowest BCUT2D eigenvalue weighted by Crippen LogP contribution is -2.12. The van der Waals surface area contributed by atoms with Crippen molar-refractivity contribution in [2.24, 2.45) is 0 Å². The highest BCUT2D eigenvalue weighted by molar-refractivity contribution is 6.36. The van der Waals surface area contributed by atoms with Crippen molar-refractivity contribution in [1.29, 1.82) is 0 Å². The van der Waals surface area contributed by atoms with Crippen LogP contribution in [-0.4, -0.2) is 10.9 Å². The number of nitrogens with one attached hydrogen (secondary N) is 1. The van der Waals surface area contributed by atoms with E-state index in [0.29, 0.717) is 10.7 Å². The van der Waals surface area contributed by atoms with Gasteiger partial charge in [0.1, 0.15) is 5.15 Å². The number of hydrogen-bond acceptors (Lipinski definition) is 2. The SMILES string of the molecule is O=C(Nc1cccc(Cl)c1)c1cnc(Cl)cc1Cl. The smallest absolute Gasteiger partial charge is 0.258 e. The Labute approximate surface area is 119 Å². The summed E-state index contributed by atoms with van der Waals surface area (Å²) in [4.78, 5) is 15.8. The van der Waals surface area contributed by atoms with Crippen molar-refractivity contribution in [3.05, 3.63) is 57.3 Å². The summed E-state index contributed by atoms with van der Waals surface area (Å²) in [6.07, 6.45) is 1.32. The zero-order valence-electron chi connectivity index (χ0n) is 8.95. The number of pyridine rings is 1. The lowest BCUT2D eigenvalue weighted by Gasteiger charge is -2.06. The number of anilines is 1. The summed E-state index contributed by atoms with van der Waals surface area (Å²) < 4.78 is 0. The Hall–Kier alpha value is -1.29. The molecule has 0 aliphatic rings. The van der Waals surface area contributed by atoms with Gasteiger partial charge in [0, 0.05) is 16.9 Å². The van der Waals surface area contributed by atoms with Crippen LogP contribution in [0.4, 0.5) is 5.69 Å². The first-order valence-electron chi connectivity index (χ1n) is 4.94. The number of carbonyl (C=O) groups is 1. The second kappa shape index (κ2) is 5.57. The molecule has 0 saturated heterocycles. The largest absolute Gasteiger partial charge is 0.322 e. The summed E-state index contributed by atoms with van der Waals surface area (Å²) in [5.74, 6) is -0.369. The molecule has 1 aromatic heterocycles. The van der Waals surface area contributed by atoms with Gasteiger partial charge in [-0.1, -0.05) is 40.9 Å². The second-order valence-electron chi connectivity index (χ2n) is 3.45. The zero-order valence-corrected chi connectivity index (χ0v) is 11.2. The number of hydrogen-bond donors (Lipinski definition) is 1. The normalized spacial score (nSPS) is 10.2. The molecule has 0 aliphatic carbocycles. The quantitative estimate of drug-likeness (QED) is 0.841. The van der Waals surface area contributed by atoms with Gasteiger partial charge in [0.05, 0.1) is 10.6 Å². The molecule has 0 atom stereocenters. The Morgan fingerprint density at radius 1 is 1.17 bits per heavy atom. The first-order valence-corrected chi connectivity index (χ1v) is 6.07. The number of halogens is 3. The van der Waals surface area contributed by atoms with Crippen molar-refractivity contribution >= 4 is 46.4 Å². The average Bonchev–Trinajstić information content (AvgIpc) is 2.28. The number of aromatic nitrogens is 1. The molecule has 1 heterocycles. The molecule has 1 N–H and O–H groups in total. The predicted octanol–water partition coefficient (Wildman–Crippen LogP) is 4.29. The highest BCUT2D eigenvalue weighted by Crippen LogP contribution is 2.21. The molecule has 0 fully saturated rings. The predicted molar refractivity (Wildman–Crippen MR) is 73.7 cm³/mol. The molecule has 0 saturated carbocycles. The first kappa shape index (κ1) is 13.1. The van der Waals surface area contributed by atoms with Crippen LogP contribution < -0.4 is 5.32 Å². The van der Waals surface area contributed by atoms with Crippen LogP contribution in [0.3, 0.4) is 0 Å². The molecule has 2 aromatic rings. The summed E-state index contributed by atoms with van der Waals surface area (Å²) in [6, 6.07) is 8.22. The molecule has 92 valence electrons. The number of nitrogens with zero attached hydrogens (tertiary/aromatic N) is 1. The van der Waals surface area contributed by atoms with Gasteiger partial charge < -0.3 is 5.32 Å². The molecule has 2 rings (SSSR count). The molecule has 0 radical (unpaired) electrons. The third-order valence-electron chi connectivity index (χ3n) is 2.15. The third-order valence-corrected chi connectivity index (χ3v) is 2.90. The monoisotopic (exact) mass is 300 g/mol. The van der Waals surface area contributed by atoms with E-state index in [4.69, 9.17) is 34.8 Å². The van der Waals surface area contributed by atoms with Crippen LogP contribution in [0, 0.1) is 0 Å². The lowest BCUT2D eigenvalue weighted by molar-refractivity contribution is 0.102. The number of rotatable bonds is 2. The Bertz CT molecular complexity index is 602. The maximum atomic E-state index is 11.9. The van der Waals surface area contributed by atoms with E-state index in [-0.39, 0.29) is 21.6 Å². The van der Waals surface area contributed by atoms with Gasteiger partial charge in [-0.3, -0.25) is 4.79 Å². The van der Waals surface area contributed by atoms with Crippen molar-refractivity contribution in [3.63, 3.8) is 0 Å². The fourth-order valence-corrected chi connectivity index (χ4v) is 1.98. The summed E-state index contributed by atoms with van der Waals surface area (Å²) in [6.45, 7) is 0. The third kappa shape index (κ3) is 3.13. The summed E-state index contributed by atoms with van der Waals surface area (Å²) in [5.41, 5.74) is 0.833.